The van der Waals surface area contributed by atoms with Gasteiger partial charge in [-0.05, 0) is 61.2 Å². The smallest absolute Gasteiger partial charge is 0.402 e. The minimum atomic E-state index is -5.25. The third-order valence-electron chi connectivity index (χ3n) is 8.18. The van der Waals surface area contributed by atoms with Gasteiger partial charge in [0.2, 0.25) is 10.0 Å². The zero-order valence-corrected chi connectivity index (χ0v) is 23.4. The number of ether oxygens (including phenoxy) is 1. The Labute approximate surface area is 233 Å². The van der Waals surface area contributed by atoms with Crippen LogP contribution >= 0.6 is 0 Å². The molecule has 2 atom stereocenters. The van der Waals surface area contributed by atoms with E-state index in [0.717, 1.165) is 43.8 Å². The zero-order chi connectivity index (χ0) is 29.6. The Balaban J connectivity index is 1.68. The standard InChI is InChI=1S/C27H30F5N5O3S/c1-11(2)23-21-20(19-15-8-34-9-16(15)19)18(10-35-41(3,38)39)37(13-4-5-13)25(21)22(29)24(36-23)14-6-12(33)7-17(28)26(14)40-27(30,31)32/h6-7,11,13,15-16,19,34-35H,4-5,8-10,33H2,1-3H3. The summed E-state index contributed by atoms with van der Waals surface area (Å²) in [6, 6.07) is 1.55. The second-order valence-electron chi connectivity index (χ2n) is 11.5. The third-order valence-corrected chi connectivity index (χ3v) is 8.85. The molecule has 3 aromatic rings. The molecule has 6 rings (SSSR count). The number of hydrogen-bond donors (Lipinski definition) is 3. The van der Waals surface area contributed by atoms with Crippen LogP contribution in [0.25, 0.3) is 22.2 Å². The fraction of sp³-hybridized carbons (Fsp3) is 0.519. The van der Waals surface area contributed by atoms with E-state index in [4.69, 9.17) is 5.73 Å². The summed E-state index contributed by atoms with van der Waals surface area (Å²) in [4.78, 5) is 4.54. The molecule has 8 nitrogen and oxygen atoms in total. The number of pyridine rings is 1. The Morgan fingerprint density at radius 1 is 1.20 bits per heavy atom. The van der Waals surface area contributed by atoms with E-state index in [1.165, 1.54) is 0 Å². The number of sulfonamides is 1. The summed E-state index contributed by atoms with van der Waals surface area (Å²) in [7, 11) is -3.61. The van der Waals surface area contributed by atoms with Crippen molar-refractivity contribution in [1.82, 2.24) is 19.6 Å². The van der Waals surface area contributed by atoms with Gasteiger partial charge in [-0.15, -0.1) is 13.2 Å². The van der Waals surface area contributed by atoms with E-state index in [0.29, 0.717) is 34.7 Å². The lowest BCUT2D eigenvalue weighted by molar-refractivity contribution is -0.275. The number of alkyl halides is 3. The lowest BCUT2D eigenvalue weighted by atomic mass is 9.95. The minimum Gasteiger partial charge on any atom is -0.402 e. The molecule has 2 aliphatic carbocycles. The molecule has 0 bridgehead atoms. The number of nitrogen functional groups attached to an aromatic ring is 1. The number of aromatic nitrogens is 2. The number of piperidine rings is 1. The van der Waals surface area contributed by atoms with E-state index >= 15 is 4.39 Å². The molecule has 4 N–H and O–H groups in total. The number of halogens is 5. The topological polar surface area (TPSA) is 111 Å². The van der Waals surface area contributed by atoms with Gasteiger partial charge in [-0.2, -0.15) is 0 Å². The number of nitrogens with one attached hydrogen (secondary N) is 2. The maximum Gasteiger partial charge on any atom is 0.573 e. The van der Waals surface area contributed by atoms with Gasteiger partial charge < -0.3 is 20.4 Å². The van der Waals surface area contributed by atoms with Crippen LogP contribution in [0.1, 0.15) is 61.5 Å². The van der Waals surface area contributed by atoms with Crippen molar-refractivity contribution in [3.63, 3.8) is 0 Å². The van der Waals surface area contributed by atoms with Crippen molar-refractivity contribution >= 4 is 26.6 Å². The molecule has 1 saturated heterocycles. The molecule has 2 aromatic heterocycles. The summed E-state index contributed by atoms with van der Waals surface area (Å²) in [6.45, 7) is 5.13. The Morgan fingerprint density at radius 3 is 2.41 bits per heavy atom. The molecule has 3 aliphatic rings. The quantitative estimate of drug-likeness (QED) is 0.251. The fourth-order valence-corrected chi connectivity index (χ4v) is 6.80. The second kappa shape index (κ2) is 9.53. The summed E-state index contributed by atoms with van der Waals surface area (Å²) in [5.41, 5.74) is 6.47. The summed E-state index contributed by atoms with van der Waals surface area (Å²) in [5.74, 6) is -3.24. The van der Waals surface area contributed by atoms with Gasteiger partial charge in [-0.3, -0.25) is 0 Å². The maximum absolute atomic E-state index is 16.8. The van der Waals surface area contributed by atoms with Crippen LogP contribution in [0, 0.1) is 23.5 Å². The molecular formula is C27H30F5N5O3S. The lowest BCUT2D eigenvalue weighted by Crippen LogP contribution is -2.24. The van der Waals surface area contributed by atoms with Crippen LogP contribution in [-0.2, 0) is 16.6 Å². The molecule has 41 heavy (non-hydrogen) atoms. The molecule has 0 radical (unpaired) electrons. The van der Waals surface area contributed by atoms with Crippen molar-refractivity contribution in [1.29, 1.82) is 0 Å². The van der Waals surface area contributed by atoms with Crippen molar-refractivity contribution in [2.75, 3.05) is 25.1 Å². The van der Waals surface area contributed by atoms with E-state index in [9.17, 15) is 26.0 Å². The molecule has 14 heteroatoms. The van der Waals surface area contributed by atoms with E-state index in [1.807, 2.05) is 13.8 Å². The summed E-state index contributed by atoms with van der Waals surface area (Å²) in [6.07, 6.45) is -2.77. The molecule has 2 unspecified atom stereocenters. The number of hydrogen-bond acceptors (Lipinski definition) is 6. The third kappa shape index (κ3) is 5.03. The summed E-state index contributed by atoms with van der Waals surface area (Å²) >= 11 is 0. The summed E-state index contributed by atoms with van der Waals surface area (Å²) < 4.78 is 104. The first-order valence-electron chi connectivity index (χ1n) is 13.4. The maximum atomic E-state index is 16.8. The first-order valence-corrected chi connectivity index (χ1v) is 15.3. The van der Waals surface area contributed by atoms with E-state index < -0.39 is 45.0 Å². The van der Waals surface area contributed by atoms with Gasteiger partial charge in [0.05, 0.1) is 29.6 Å². The Hall–Kier alpha value is -2.97. The first kappa shape index (κ1) is 28.2. The first-order chi connectivity index (χ1) is 19.2. The number of anilines is 1. The van der Waals surface area contributed by atoms with Crippen LogP contribution in [-0.4, -0.2) is 43.7 Å². The number of nitrogens with zero attached hydrogens (tertiary/aromatic N) is 2. The highest BCUT2D eigenvalue weighted by Crippen LogP contribution is 2.60. The van der Waals surface area contributed by atoms with Gasteiger partial charge in [0.25, 0.3) is 0 Å². The van der Waals surface area contributed by atoms with Crippen LogP contribution in [0.2, 0.25) is 0 Å². The molecule has 1 aromatic carbocycles. The number of nitrogens with two attached hydrogens (primary N) is 1. The van der Waals surface area contributed by atoms with Crippen molar-refractivity contribution in [2.24, 2.45) is 11.8 Å². The molecule has 222 valence electrons. The van der Waals surface area contributed by atoms with Crippen LogP contribution in [0.4, 0.5) is 27.6 Å². The van der Waals surface area contributed by atoms with Crippen LogP contribution in [0.15, 0.2) is 12.1 Å². The molecule has 3 fully saturated rings. The lowest BCUT2D eigenvalue weighted by Gasteiger charge is -2.18. The highest BCUT2D eigenvalue weighted by atomic mass is 32.2. The highest BCUT2D eigenvalue weighted by Gasteiger charge is 2.56. The van der Waals surface area contributed by atoms with Crippen molar-refractivity contribution in [3.05, 3.63) is 40.7 Å². The molecule has 0 spiro atoms. The van der Waals surface area contributed by atoms with Crippen molar-refractivity contribution in [2.45, 2.75) is 57.5 Å². The molecule has 1 aliphatic heterocycles. The predicted molar refractivity (Wildman–Crippen MR) is 143 cm³/mol. The zero-order valence-electron chi connectivity index (χ0n) is 22.6. The molecular weight excluding hydrogens is 569 g/mol. The Kier molecular flexibility index (Phi) is 6.54. The van der Waals surface area contributed by atoms with Crippen LogP contribution in [0.3, 0.4) is 0 Å². The number of fused-ring (bicyclic) bond motifs is 2. The Morgan fingerprint density at radius 2 is 1.85 bits per heavy atom. The highest BCUT2D eigenvalue weighted by molar-refractivity contribution is 7.88. The summed E-state index contributed by atoms with van der Waals surface area (Å²) in [5, 5.41) is 3.88. The van der Waals surface area contributed by atoms with E-state index in [-0.39, 0.29) is 35.6 Å². The van der Waals surface area contributed by atoms with Crippen LogP contribution < -0.4 is 20.5 Å². The second-order valence-corrected chi connectivity index (χ2v) is 13.4. The normalized spacial score (nSPS) is 22.5. The minimum absolute atomic E-state index is 0.0496. The van der Waals surface area contributed by atoms with Gasteiger partial charge >= 0.3 is 6.36 Å². The molecule has 2 saturated carbocycles. The Bertz CT molecular complexity index is 1660. The predicted octanol–water partition coefficient (Wildman–Crippen LogP) is 4.90. The van der Waals surface area contributed by atoms with E-state index in [2.05, 4.69) is 19.8 Å². The van der Waals surface area contributed by atoms with Gasteiger partial charge in [-0.1, -0.05) is 13.8 Å². The molecule has 3 heterocycles. The van der Waals surface area contributed by atoms with Gasteiger partial charge in [0, 0.05) is 28.9 Å². The fourth-order valence-electron chi connectivity index (χ4n) is 6.40. The number of benzene rings is 1. The van der Waals surface area contributed by atoms with Gasteiger partial charge in [0.15, 0.2) is 17.4 Å². The SMILES string of the molecule is CC(C)c1nc(-c2cc(N)cc(F)c2OC(F)(F)F)c(F)c2c1c(C1C3CNCC31)c(CNS(C)(=O)=O)n2C1CC1. The monoisotopic (exact) mass is 599 g/mol. The average molecular weight is 600 g/mol. The molecule has 0 amide bonds. The van der Waals surface area contributed by atoms with E-state index in [1.54, 1.807) is 4.57 Å². The largest absolute Gasteiger partial charge is 0.573 e. The van der Waals surface area contributed by atoms with Crippen molar-refractivity contribution in [3.8, 4) is 17.0 Å². The average Bonchev–Trinajstić information content (AvgIpc) is 3.73. The van der Waals surface area contributed by atoms with Crippen molar-refractivity contribution < 1.29 is 35.1 Å². The van der Waals surface area contributed by atoms with Gasteiger partial charge in [0.1, 0.15) is 5.69 Å². The number of rotatable bonds is 8. The van der Waals surface area contributed by atoms with Crippen LogP contribution in [0.5, 0.6) is 5.75 Å². The van der Waals surface area contributed by atoms with Gasteiger partial charge in [-0.25, -0.2) is 26.9 Å².